The van der Waals surface area contributed by atoms with Crippen LogP contribution in [0.2, 0.25) is 5.02 Å². The van der Waals surface area contributed by atoms with E-state index >= 15 is 0 Å². The molecule has 2 aliphatic heterocycles. The molecule has 0 radical (unpaired) electrons. The smallest absolute Gasteiger partial charge is 0.227 e. The third-order valence-corrected chi connectivity index (χ3v) is 9.58. The maximum Gasteiger partial charge on any atom is 0.227 e. The van der Waals surface area contributed by atoms with E-state index in [1.54, 1.807) is 12.4 Å². The van der Waals surface area contributed by atoms with E-state index in [0.29, 0.717) is 22.5 Å². The van der Waals surface area contributed by atoms with E-state index in [0.717, 1.165) is 86.8 Å². The van der Waals surface area contributed by atoms with Crippen LogP contribution in [-0.4, -0.2) is 60.2 Å². The number of hydrogen-bond acceptors (Lipinski definition) is 8. The molecule has 2 N–H and O–H groups in total. The quantitative estimate of drug-likeness (QED) is 0.661. The number of rotatable bonds is 5. The van der Waals surface area contributed by atoms with Crippen molar-refractivity contribution >= 4 is 34.2 Å². The Kier molecular flexibility index (Phi) is 5.34. The van der Waals surface area contributed by atoms with Crippen LogP contribution in [0.15, 0.2) is 17.3 Å². The number of fused-ring (bicyclic) bond motifs is 1. The Morgan fingerprint density at radius 1 is 1.15 bits per heavy atom. The van der Waals surface area contributed by atoms with E-state index in [4.69, 9.17) is 21.6 Å². The van der Waals surface area contributed by atoms with Crippen molar-refractivity contribution in [3.05, 3.63) is 28.9 Å². The van der Waals surface area contributed by atoms with Crippen molar-refractivity contribution in [2.45, 2.75) is 67.7 Å². The first kappa shape index (κ1) is 21.7. The van der Waals surface area contributed by atoms with Crippen LogP contribution in [0.4, 0.5) is 11.8 Å². The molecule has 8 nitrogen and oxygen atoms in total. The van der Waals surface area contributed by atoms with E-state index in [1.165, 1.54) is 0 Å². The van der Waals surface area contributed by atoms with Crippen LogP contribution in [0.3, 0.4) is 0 Å². The van der Waals surface area contributed by atoms with Crippen LogP contribution < -0.4 is 10.2 Å². The molecule has 1 saturated heterocycles. The second kappa shape index (κ2) is 8.13. The third kappa shape index (κ3) is 3.82. The first-order valence-corrected chi connectivity index (χ1v) is 13.6. The monoisotopic (exact) mass is 488 g/mol. The van der Waals surface area contributed by atoms with Gasteiger partial charge in [-0.25, -0.2) is 15.0 Å². The number of aromatic nitrogens is 4. The molecular formula is C23H29ClN6O2S. The highest BCUT2D eigenvalue weighted by atomic mass is 35.5. The number of anilines is 2. The van der Waals surface area contributed by atoms with Crippen molar-refractivity contribution in [3.8, 4) is 0 Å². The first-order valence-electron chi connectivity index (χ1n) is 11.9. The highest BCUT2D eigenvalue weighted by Crippen LogP contribution is 2.56. The second-order valence-electron chi connectivity index (χ2n) is 10.3. The maximum absolute atomic E-state index is 13.0. The summed E-state index contributed by atoms with van der Waals surface area (Å²) in [5.74, 6) is 3.32. The van der Waals surface area contributed by atoms with Crippen molar-refractivity contribution < 1.29 is 9.32 Å². The molecule has 4 heterocycles. The van der Waals surface area contributed by atoms with Gasteiger partial charge in [0.15, 0.2) is 0 Å². The minimum Gasteiger partial charge on any atom is -0.394 e. The fourth-order valence-corrected chi connectivity index (χ4v) is 7.28. The van der Waals surface area contributed by atoms with Gasteiger partial charge in [0.1, 0.15) is 16.5 Å². The van der Waals surface area contributed by atoms with Crippen molar-refractivity contribution in [1.29, 1.82) is 0 Å². The van der Waals surface area contributed by atoms with Crippen LogP contribution in [0.25, 0.3) is 0 Å². The van der Waals surface area contributed by atoms with Gasteiger partial charge in [-0.15, -0.1) is 0 Å². The van der Waals surface area contributed by atoms with Gasteiger partial charge in [-0.05, 0) is 51.4 Å². The average molecular weight is 489 g/mol. The topological polar surface area (TPSA) is 104 Å². The van der Waals surface area contributed by atoms with Crippen molar-refractivity contribution in [3.63, 3.8) is 0 Å². The largest absolute Gasteiger partial charge is 0.394 e. The zero-order valence-corrected chi connectivity index (χ0v) is 20.2. The van der Waals surface area contributed by atoms with E-state index in [9.17, 15) is 9.32 Å². The summed E-state index contributed by atoms with van der Waals surface area (Å²) in [6, 6.07) is 0. The highest BCUT2D eigenvalue weighted by molar-refractivity contribution is 7.85. The van der Waals surface area contributed by atoms with Gasteiger partial charge in [-0.3, -0.25) is 4.21 Å². The molecule has 3 fully saturated rings. The third-order valence-electron chi connectivity index (χ3n) is 7.84. The lowest BCUT2D eigenvalue weighted by Crippen LogP contribution is -2.62. The standard InChI is InChI=1S/C23H29ClN6O2S/c24-16-10-25-19(26-11-16)15-8-22(9-15)12-30(13-22)21-27-17-4-1-2-7-33(32)18(17)20(28-21)29-23(14-31)5-3-6-23/h10-11,15,31H,1-9,12-14H2,(H,27,28,29). The molecule has 10 heteroatoms. The Balaban J connectivity index is 1.21. The fourth-order valence-electron chi connectivity index (χ4n) is 5.79. The number of aryl methyl sites for hydroxylation is 1. The normalized spacial score (nSPS) is 25.4. The molecule has 33 heavy (non-hydrogen) atoms. The molecule has 0 aromatic carbocycles. The number of aliphatic hydroxyl groups excluding tert-OH is 1. The number of nitrogens with zero attached hydrogens (tertiary/aromatic N) is 5. The second-order valence-corrected chi connectivity index (χ2v) is 12.2. The van der Waals surface area contributed by atoms with Gasteiger partial charge >= 0.3 is 0 Å². The minimum atomic E-state index is -1.11. The molecule has 2 aromatic heterocycles. The van der Waals surface area contributed by atoms with Crippen LogP contribution in [0.5, 0.6) is 0 Å². The summed E-state index contributed by atoms with van der Waals surface area (Å²) in [4.78, 5) is 21.6. The van der Waals surface area contributed by atoms with Gasteiger partial charge in [0.25, 0.3) is 0 Å². The average Bonchev–Trinajstić information content (AvgIpc) is 2.91. The Morgan fingerprint density at radius 2 is 1.91 bits per heavy atom. The molecule has 1 spiro atoms. The molecule has 2 aromatic rings. The lowest BCUT2D eigenvalue weighted by Gasteiger charge is -2.58. The summed E-state index contributed by atoms with van der Waals surface area (Å²) >= 11 is 5.92. The van der Waals surface area contributed by atoms with E-state index in [-0.39, 0.29) is 17.6 Å². The predicted octanol–water partition coefficient (Wildman–Crippen LogP) is 3.07. The molecule has 1 atom stereocenters. The molecule has 1 unspecified atom stereocenters. The summed E-state index contributed by atoms with van der Waals surface area (Å²) in [7, 11) is -1.11. The van der Waals surface area contributed by atoms with Crippen LogP contribution in [0.1, 0.15) is 62.4 Å². The lowest BCUT2D eigenvalue weighted by atomic mass is 9.57. The van der Waals surface area contributed by atoms with Gasteiger partial charge in [-0.2, -0.15) is 4.98 Å². The summed E-state index contributed by atoms with van der Waals surface area (Å²) in [5.41, 5.74) is 0.847. The Labute approximate surface area is 201 Å². The summed E-state index contributed by atoms with van der Waals surface area (Å²) in [6.07, 6.45) is 11.1. The van der Waals surface area contributed by atoms with Crippen molar-refractivity contribution in [1.82, 2.24) is 19.9 Å². The van der Waals surface area contributed by atoms with Crippen molar-refractivity contribution in [2.75, 3.05) is 35.7 Å². The molecule has 0 amide bonds. The molecule has 6 rings (SSSR count). The lowest BCUT2D eigenvalue weighted by molar-refractivity contribution is 0.0582. The first-order chi connectivity index (χ1) is 16.0. The molecule has 176 valence electrons. The number of halogens is 1. The number of nitrogens with one attached hydrogen (secondary N) is 1. The van der Waals surface area contributed by atoms with E-state index in [1.807, 2.05) is 0 Å². The zero-order chi connectivity index (χ0) is 22.6. The van der Waals surface area contributed by atoms with Gasteiger partial charge in [-0.1, -0.05) is 11.6 Å². The van der Waals surface area contributed by atoms with E-state index in [2.05, 4.69) is 20.2 Å². The molecule has 4 aliphatic rings. The number of aliphatic hydroxyl groups is 1. The van der Waals surface area contributed by atoms with Gasteiger partial charge in [0.2, 0.25) is 5.95 Å². The van der Waals surface area contributed by atoms with Crippen LogP contribution in [0, 0.1) is 5.41 Å². The molecular weight excluding hydrogens is 460 g/mol. The highest BCUT2D eigenvalue weighted by Gasteiger charge is 2.54. The molecule has 2 saturated carbocycles. The Hall–Kier alpha value is -1.84. The van der Waals surface area contributed by atoms with Gasteiger partial charge in [0, 0.05) is 42.6 Å². The van der Waals surface area contributed by atoms with Crippen molar-refractivity contribution in [2.24, 2.45) is 5.41 Å². The minimum absolute atomic E-state index is 0.0642. The van der Waals surface area contributed by atoms with Gasteiger partial charge < -0.3 is 15.3 Å². The van der Waals surface area contributed by atoms with Crippen LogP contribution >= 0.6 is 11.6 Å². The fraction of sp³-hybridized carbons (Fsp3) is 0.652. The van der Waals surface area contributed by atoms with E-state index < -0.39 is 10.8 Å². The maximum atomic E-state index is 13.0. The Morgan fingerprint density at radius 3 is 2.58 bits per heavy atom. The molecule has 0 bridgehead atoms. The summed E-state index contributed by atoms with van der Waals surface area (Å²) < 4.78 is 13.0. The summed E-state index contributed by atoms with van der Waals surface area (Å²) in [5, 5.41) is 14.1. The predicted molar refractivity (Wildman–Crippen MR) is 127 cm³/mol. The summed E-state index contributed by atoms with van der Waals surface area (Å²) in [6.45, 7) is 1.90. The van der Waals surface area contributed by atoms with Gasteiger partial charge in [0.05, 0.1) is 33.7 Å². The SMILES string of the molecule is O=S1CCCCc2nc(N3CC4(CC(c5ncc(Cl)cn5)C4)C3)nc(NC3(CO)CCC3)c21. The zero-order valence-electron chi connectivity index (χ0n) is 18.6. The van der Waals surface area contributed by atoms with Crippen LogP contribution in [-0.2, 0) is 17.2 Å². The number of hydrogen-bond donors (Lipinski definition) is 2. The Bertz CT molecular complexity index is 1070. The molecule has 2 aliphatic carbocycles.